The predicted octanol–water partition coefficient (Wildman–Crippen LogP) is 6.30. The van der Waals surface area contributed by atoms with Gasteiger partial charge in [0.1, 0.15) is 11.4 Å². The van der Waals surface area contributed by atoms with Crippen molar-refractivity contribution in [2.45, 2.75) is 26.7 Å². The Morgan fingerprint density at radius 3 is 2.31 bits per heavy atom. The Bertz CT molecular complexity index is 1220. The smallest absolute Gasteiger partial charge is 0.272 e. The molecule has 0 saturated heterocycles. The lowest BCUT2D eigenvalue weighted by Gasteiger charge is -2.14. The largest absolute Gasteiger partial charge is 0.494 e. The van der Waals surface area contributed by atoms with E-state index in [1.165, 1.54) is 0 Å². The Morgan fingerprint density at radius 2 is 1.69 bits per heavy atom. The molecular formula is C29H32ClN3O3. The van der Waals surface area contributed by atoms with Crippen molar-refractivity contribution >= 4 is 40.9 Å². The van der Waals surface area contributed by atoms with Crippen LogP contribution >= 0.6 is 11.6 Å². The number of nitrogens with zero attached hydrogens (tertiary/aromatic N) is 1. The van der Waals surface area contributed by atoms with Gasteiger partial charge in [-0.05, 0) is 79.1 Å². The third-order valence-electron chi connectivity index (χ3n) is 5.53. The highest BCUT2D eigenvalue weighted by molar-refractivity contribution is 6.31. The van der Waals surface area contributed by atoms with Crippen molar-refractivity contribution < 1.29 is 14.3 Å². The second-order valence-electron chi connectivity index (χ2n) is 8.64. The second-order valence-corrected chi connectivity index (χ2v) is 9.05. The molecule has 3 aromatic carbocycles. The minimum atomic E-state index is -0.459. The number of hydrogen-bond donors (Lipinski definition) is 2. The van der Waals surface area contributed by atoms with Crippen LogP contribution in [0.5, 0.6) is 5.75 Å². The molecule has 0 saturated carbocycles. The highest BCUT2D eigenvalue weighted by atomic mass is 35.5. The van der Waals surface area contributed by atoms with Crippen LogP contribution in [0, 0.1) is 6.92 Å². The van der Waals surface area contributed by atoms with Crippen LogP contribution in [0.2, 0.25) is 5.02 Å². The lowest BCUT2D eigenvalue weighted by molar-refractivity contribution is -0.113. The van der Waals surface area contributed by atoms with Gasteiger partial charge in [0.25, 0.3) is 11.8 Å². The summed E-state index contributed by atoms with van der Waals surface area (Å²) in [6.45, 7) is 4.61. The number of carbonyl (C=O) groups is 2. The van der Waals surface area contributed by atoms with Gasteiger partial charge in [0, 0.05) is 36.1 Å². The third-order valence-corrected chi connectivity index (χ3v) is 5.93. The summed E-state index contributed by atoms with van der Waals surface area (Å²) in [6.07, 6.45) is 3.66. The fourth-order valence-corrected chi connectivity index (χ4v) is 3.47. The average molecular weight is 506 g/mol. The summed E-state index contributed by atoms with van der Waals surface area (Å²) < 4.78 is 5.67. The second kappa shape index (κ2) is 12.8. The topological polar surface area (TPSA) is 70.7 Å². The van der Waals surface area contributed by atoms with Crippen LogP contribution in [-0.2, 0) is 4.79 Å². The van der Waals surface area contributed by atoms with E-state index < -0.39 is 11.8 Å². The lowest BCUT2D eigenvalue weighted by Crippen LogP contribution is -2.30. The number of rotatable bonds is 10. The summed E-state index contributed by atoms with van der Waals surface area (Å²) in [5.74, 6) is -0.159. The maximum Gasteiger partial charge on any atom is 0.272 e. The van der Waals surface area contributed by atoms with Crippen LogP contribution in [0.15, 0.2) is 72.4 Å². The Kier molecular flexibility index (Phi) is 9.53. The molecule has 0 aliphatic heterocycles. The molecule has 36 heavy (non-hydrogen) atoms. The summed E-state index contributed by atoms with van der Waals surface area (Å²) in [7, 11) is 3.91. The van der Waals surface area contributed by atoms with Gasteiger partial charge in [-0.3, -0.25) is 9.59 Å². The zero-order valence-corrected chi connectivity index (χ0v) is 21.9. The van der Waals surface area contributed by atoms with Crippen molar-refractivity contribution in [1.29, 1.82) is 0 Å². The molecule has 188 valence electrons. The molecule has 2 N–H and O–H groups in total. The molecule has 3 rings (SSSR count). The first-order chi connectivity index (χ1) is 17.3. The number of unbranched alkanes of at least 4 members (excludes halogenated alkanes) is 1. The van der Waals surface area contributed by atoms with Gasteiger partial charge < -0.3 is 20.3 Å². The fraction of sp³-hybridized carbons (Fsp3) is 0.241. The molecule has 0 unspecified atom stereocenters. The van der Waals surface area contributed by atoms with E-state index in [0.29, 0.717) is 28.6 Å². The first-order valence-electron chi connectivity index (χ1n) is 11.9. The summed E-state index contributed by atoms with van der Waals surface area (Å²) in [5.41, 5.74) is 3.76. The molecule has 0 spiro atoms. The third kappa shape index (κ3) is 7.62. The van der Waals surface area contributed by atoms with Gasteiger partial charge in [-0.15, -0.1) is 0 Å². The molecule has 0 aliphatic carbocycles. The quantitative estimate of drug-likeness (QED) is 0.250. The van der Waals surface area contributed by atoms with Crippen LogP contribution in [0.25, 0.3) is 6.08 Å². The van der Waals surface area contributed by atoms with Gasteiger partial charge >= 0.3 is 0 Å². The molecular weight excluding hydrogens is 474 g/mol. The van der Waals surface area contributed by atoms with Gasteiger partial charge in [-0.1, -0.05) is 43.1 Å². The van der Waals surface area contributed by atoms with Gasteiger partial charge in [0.2, 0.25) is 0 Å². The van der Waals surface area contributed by atoms with Crippen molar-refractivity contribution in [2.75, 3.05) is 30.9 Å². The lowest BCUT2D eigenvalue weighted by atomic mass is 10.1. The van der Waals surface area contributed by atoms with Gasteiger partial charge in [-0.2, -0.15) is 0 Å². The SMILES string of the molecule is CCCCOc1ccc(C(=O)NC(=Cc2ccc(N(C)C)cc2)C(=O)Nc2ccc(C)c(Cl)c2)cc1. The molecule has 0 radical (unpaired) electrons. The van der Waals surface area contributed by atoms with Gasteiger partial charge in [-0.25, -0.2) is 0 Å². The van der Waals surface area contributed by atoms with E-state index >= 15 is 0 Å². The number of carbonyl (C=O) groups excluding carboxylic acids is 2. The zero-order valence-electron chi connectivity index (χ0n) is 21.1. The standard InChI is InChI=1S/C29H32ClN3O3/c1-5-6-17-36-25-15-10-22(11-16-25)28(34)32-27(18-21-8-13-24(14-9-21)33(3)4)29(35)31-23-12-7-20(2)26(30)19-23/h7-16,18-19H,5-6,17H2,1-4H3,(H,31,35)(H,32,34). The zero-order chi connectivity index (χ0) is 26.1. The Hall–Kier alpha value is -3.77. The predicted molar refractivity (Wildman–Crippen MR) is 148 cm³/mol. The van der Waals surface area contributed by atoms with E-state index in [1.807, 2.05) is 56.3 Å². The van der Waals surface area contributed by atoms with Crippen LogP contribution in [-0.4, -0.2) is 32.5 Å². The van der Waals surface area contributed by atoms with E-state index in [-0.39, 0.29) is 5.70 Å². The van der Waals surface area contributed by atoms with Crippen molar-refractivity contribution in [2.24, 2.45) is 0 Å². The Labute approximate surface area is 217 Å². The van der Waals surface area contributed by atoms with Crippen molar-refractivity contribution in [3.63, 3.8) is 0 Å². The number of amides is 2. The number of nitrogens with one attached hydrogen (secondary N) is 2. The minimum Gasteiger partial charge on any atom is -0.494 e. The van der Waals surface area contributed by atoms with E-state index in [0.717, 1.165) is 29.7 Å². The number of hydrogen-bond acceptors (Lipinski definition) is 4. The fourth-order valence-electron chi connectivity index (χ4n) is 3.29. The van der Waals surface area contributed by atoms with E-state index in [1.54, 1.807) is 42.5 Å². The molecule has 0 atom stereocenters. The van der Waals surface area contributed by atoms with Crippen LogP contribution in [0.4, 0.5) is 11.4 Å². The first-order valence-corrected chi connectivity index (χ1v) is 12.3. The average Bonchev–Trinajstić information content (AvgIpc) is 2.86. The molecule has 0 aliphatic rings. The van der Waals surface area contributed by atoms with Gasteiger partial charge in [0.05, 0.1) is 6.61 Å². The monoisotopic (exact) mass is 505 g/mol. The Morgan fingerprint density at radius 1 is 1.00 bits per heavy atom. The van der Waals surface area contributed by atoms with E-state index in [2.05, 4.69) is 17.6 Å². The summed E-state index contributed by atoms with van der Waals surface area (Å²) in [6, 6.07) is 19.8. The molecule has 0 aromatic heterocycles. The normalized spacial score (nSPS) is 11.1. The van der Waals surface area contributed by atoms with Crippen LogP contribution < -0.4 is 20.3 Å². The van der Waals surface area contributed by atoms with Crippen molar-refractivity contribution in [3.05, 3.63) is 94.1 Å². The maximum absolute atomic E-state index is 13.2. The molecule has 2 amide bonds. The van der Waals surface area contributed by atoms with Crippen molar-refractivity contribution in [3.8, 4) is 5.75 Å². The molecule has 3 aromatic rings. The summed E-state index contributed by atoms with van der Waals surface area (Å²) in [4.78, 5) is 28.2. The number of ether oxygens (including phenoxy) is 1. The first kappa shape index (κ1) is 26.8. The highest BCUT2D eigenvalue weighted by Gasteiger charge is 2.16. The molecule has 0 heterocycles. The van der Waals surface area contributed by atoms with Gasteiger partial charge in [0.15, 0.2) is 0 Å². The van der Waals surface area contributed by atoms with Crippen LogP contribution in [0.3, 0.4) is 0 Å². The maximum atomic E-state index is 13.2. The summed E-state index contributed by atoms with van der Waals surface area (Å²) in [5, 5.41) is 6.13. The number of anilines is 2. The highest BCUT2D eigenvalue weighted by Crippen LogP contribution is 2.21. The number of aryl methyl sites for hydroxylation is 1. The minimum absolute atomic E-state index is 0.109. The van der Waals surface area contributed by atoms with Crippen LogP contribution in [0.1, 0.15) is 41.3 Å². The number of halogens is 1. The van der Waals surface area contributed by atoms with E-state index in [9.17, 15) is 9.59 Å². The molecule has 7 heteroatoms. The molecule has 6 nitrogen and oxygen atoms in total. The number of benzene rings is 3. The van der Waals surface area contributed by atoms with Crippen molar-refractivity contribution in [1.82, 2.24) is 5.32 Å². The summed E-state index contributed by atoms with van der Waals surface area (Å²) >= 11 is 6.21. The molecule has 0 bridgehead atoms. The van der Waals surface area contributed by atoms with E-state index in [4.69, 9.17) is 16.3 Å². The Balaban J connectivity index is 1.82. The molecule has 0 fully saturated rings.